The first kappa shape index (κ1) is 20.6. The van der Waals surface area contributed by atoms with Gasteiger partial charge in [0.05, 0.1) is 36.7 Å². The van der Waals surface area contributed by atoms with E-state index in [1.807, 2.05) is 12.1 Å². The maximum atomic E-state index is 12.9. The number of rotatable bonds is 5. The third-order valence-electron chi connectivity index (χ3n) is 4.83. The summed E-state index contributed by atoms with van der Waals surface area (Å²) >= 11 is 12.3. The van der Waals surface area contributed by atoms with Gasteiger partial charge in [0.25, 0.3) is 5.91 Å². The summed E-state index contributed by atoms with van der Waals surface area (Å²) in [6.45, 7) is 2.77. The molecular formula is C22H20Cl2N2O4. The van der Waals surface area contributed by atoms with Crippen molar-refractivity contribution in [2.24, 2.45) is 0 Å². The van der Waals surface area contributed by atoms with E-state index in [2.05, 4.69) is 10.2 Å². The van der Waals surface area contributed by atoms with Gasteiger partial charge in [0, 0.05) is 29.7 Å². The summed E-state index contributed by atoms with van der Waals surface area (Å²) in [5.41, 5.74) is 2.16. The molecule has 4 rings (SSSR count). The van der Waals surface area contributed by atoms with E-state index in [0.29, 0.717) is 46.0 Å². The van der Waals surface area contributed by atoms with Gasteiger partial charge in [-0.3, -0.25) is 4.79 Å². The van der Waals surface area contributed by atoms with Crippen molar-refractivity contribution in [3.8, 4) is 17.1 Å². The van der Waals surface area contributed by atoms with Gasteiger partial charge in [-0.25, -0.2) is 0 Å². The zero-order valence-corrected chi connectivity index (χ0v) is 17.8. The van der Waals surface area contributed by atoms with E-state index < -0.39 is 0 Å². The molecule has 1 amide bonds. The van der Waals surface area contributed by atoms with Crippen LogP contribution in [-0.4, -0.2) is 39.3 Å². The van der Waals surface area contributed by atoms with Crippen molar-refractivity contribution in [2.45, 2.75) is 0 Å². The number of benzene rings is 2. The highest BCUT2D eigenvalue weighted by atomic mass is 35.5. The SMILES string of the molecule is COc1ccc(N2CCOCC2)c(NC(=O)c2ccc(-c3cc(Cl)ccc3Cl)o2)c1. The van der Waals surface area contributed by atoms with E-state index in [9.17, 15) is 4.79 Å². The highest BCUT2D eigenvalue weighted by Gasteiger charge is 2.20. The first-order chi connectivity index (χ1) is 14.5. The molecule has 1 aliphatic rings. The van der Waals surface area contributed by atoms with Gasteiger partial charge in [0.1, 0.15) is 11.5 Å². The fourth-order valence-electron chi connectivity index (χ4n) is 3.30. The minimum absolute atomic E-state index is 0.164. The van der Waals surface area contributed by atoms with Crippen molar-refractivity contribution in [3.63, 3.8) is 0 Å². The molecule has 2 aromatic carbocycles. The average Bonchev–Trinajstić information content (AvgIpc) is 3.26. The van der Waals surface area contributed by atoms with Crippen molar-refractivity contribution in [1.29, 1.82) is 0 Å². The van der Waals surface area contributed by atoms with E-state index in [1.54, 1.807) is 43.5 Å². The second-order valence-corrected chi connectivity index (χ2v) is 7.57. The lowest BCUT2D eigenvalue weighted by Gasteiger charge is -2.30. The number of hydrogen-bond donors (Lipinski definition) is 1. The number of nitrogens with one attached hydrogen (secondary N) is 1. The van der Waals surface area contributed by atoms with Crippen LogP contribution < -0.4 is 15.0 Å². The second kappa shape index (κ2) is 9.00. The smallest absolute Gasteiger partial charge is 0.291 e. The first-order valence-corrected chi connectivity index (χ1v) is 10.2. The lowest BCUT2D eigenvalue weighted by molar-refractivity contribution is 0.0997. The van der Waals surface area contributed by atoms with E-state index in [1.165, 1.54) is 0 Å². The average molecular weight is 447 g/mol. The molecule has 6 nitrogen and oxygen atoms in total. The Morgan fingerprint density at radius 3 is 2.63 bits per heavy atom. The van der Waals surface area contributed by atoms with E-state index in [0.717, 1.165) is 18.8 Å². The van der Waals surface area contributed by atoms with Crippen molar-refractivity contribution >= 4 is 40.5 Å². The number of morpholine rings is 1. The van der Waals surface area contributed by atoms with E-state index >= 15 is 0 Å². The molecule has 1 fully saturated rings. The molecule has 3 aromatic rings. The first-order valence-electron chi connectivity index (χ1n) is 9.42. The minimum atomic E-state index is -0.373. The molecule has 0 bridgehead atoms. The van der Waals surface area contributed by atoms with Crippen LogP contribution in [0.2, 0.25) is 10.0 Å². The normalized spacial score (nSPS) is 13.9. The van der Waals surface area contributed by atoms with Crippen molar-refractivity contribution in [1.82, 2.24) is 0 Å². The van der Waals surface area contributed by atoms with Gasteiger partial charge in [-0.1, -0.05) is 23.2 Å². The number of ether oxygens (including phenoxy) is 2. The summed E-state index contributed by atoms with van der Waals surface area (Å²) in [7, 11) is 1.59. The van der Waals surface area contributed by atoms with Crippen LogP contribution in [0.5, 0.6) is 5.75 Å². The number of furan rings is 1. The molecule has 0 radical (unpaired) electrons. The number of methoxy groups -OCH3 is 1. The van der Waals surface area contributed by atoms with Gasteiger partial charge >= 0.3 is 0 Å². The van der Waals surface area contributed by atoms with Crippen LogP contribution in [0.25, 0.3) is 11.3 Å². The fraction of sp³-hybridized carbons (Fsp3) is 0.227. The number of hydrogen-bond acceptors (Lipinski definition) is 5. The Hall–Kier alpha value is -2.67. The standard InChI is InChI=1S/C22H20Cl2N2O4/c1-28-15-3-5-19(26-8-10-29-11-9-26)18(13-15)25-22(27)21-7-6-20(30-21)16-12-14(23)2-4-17(16)24/h2-7,12-13H,8-11H2,1H3,(H,25,27). The summed E-state index contributed by atoms with van der Waals surface area (Å²) in [6.07, 6.45) is 0. The number of anilines is 2. The van der Waals surface area contributed by atoms with Crippen molar-refractivity contribution in [3.05, 3.63) is 64.3 Å². The fourth-order valence-corrected chi connectivity index (χ4v) is 3.68. The van der Waals surface area contributed by atoms with Crippen LogP contribution in [-0.2, 0) is 4.74 Å². The van der Waals surface area contributed by atoms with E-state index in [4.69, 9.17) is 37.1 Å². The molecule has 0 aliphatic carbocycles. The Balaban J connectivity index is 1.59. The largest absolute Gasteiger partial charge is 0.497 e. The van der Waals surface area contributed by atoms with Gasteiger partial charge in [0.2, 0.25) is 0 Å². The van der Waals surface area contributed by atoms with Gasteiger partial charge in [0.15, 0.2) is 5.76 Å². The quantitative estimate of drug-likeness (QED) is 0.571. The zero-order valence-electron chi connectivity index (χ0n) is 16.3. The molecule has 2 heterocycles. The number of carbonyl (C=O) groups is 1. The highest BCUT2D eigenvalue weighted by Crippen LogP contribution is 2.34. The Kier molecular flexibility index (Phi) is 6.18. The molecule has 1 aliphatic heterocycles. The Morgan fingerprint density at radius 1 is 1.07 bits per heavy atom. The Bertz CT molecular complexity index is 1060. The Morgan fingerprint density at radius 2 is 1.87 bits per heavy atom. The molecule has 0 spiro atoms. The maximum absolute atomic E-state index is 12.9. The molecular weight excluding hydrogens is 427 g/mol. The van der Waals surface area contributed by atoms with Gasteiger partial charge < -0.3 is 24.1 Å². The van der Waals surface area contributed by atoms with Gasteiger partial charge in [-0.15, -0.1) is 0 Å². The van der Waals surface area contributed by atoms with Crippen molar-refractivity contribution in [2.75, 3.05) is 43.6 Å². The molecule has 0 unspecified atom stereocenters. The highest BCUT2D eigenvalue weighted by molar-refractivity contribution is 6.35. The van der Waals surface area contributed by atoms with Crippen LogP contribution in [0.4, 0.5) is 11.4 Å². The van der Waals surface area contributed by atoms with Gasteiger partial charge in [-0.2, -0.15) is 0 Å². The predicted molar refractivity (Wildman–Crippen MR) is 118 cm³/mol. The van der Waals surface area contributed by atoms with Crippen LogP contribution in [0, 0.1) is 0 Å². The lowest BCUT2D eigenvalue weighted by atomic mass is 10.2. The minimum Gasteiger partial charge on any atom is -0.497 e. The topological polar surface area (TPSA) is 63.9 Å². The van der Waals surface area contributed by atoms with Crippen LogP contribution in [0.1, 0.15) is 10.6 Å². The molecule has 30 heavy (non-hydrogen) atoms. The zero-order chi connectivity index (χ0) is 21.1. The summed E-state index contributed by atoms with van der Waals surface area (Å²) in [5.74, 6) is 0.902. The summed E-state index contributed by atoms with van der Waals surface area (Å²) < 4.78 is 16.5. The molecule has 1 N–H and O–H groups in total. The summed E-state index contributed by atoms with van der Waals surface area (Å²) in [5, 5.41) is 3.96. The monoisotopic (exact) mass is 446 g/mol. The third kappa shape index (κ3) is 4.41. The van der Waals surface area contributed by atoms with Crippen molar-refractivity contribution < 1.29 is 18.7 Å². The summed E-state index contributed by atoms with van der Waals surface area (Å²) in [6, 6.07) is 14.0. The number of nitrogens with zero attached hydrogens (tertiary/aromatic N) is 1. The lowest BCUT2D eigenvalue weighted by Crippen LogP contribution is -2.36. The Labute approximate surface area is 184 Å². The van der Waals surface area contributed by atoms with Crippen LogP contribution in [0.3, 0.4) is 0 Å². The van der Waals surface area contributed by atoms with E-state index in [-0.39, 0.29) is 11.7 Å². The molecule has 8 heteroatoms. The van der Waals surface area contributed by atoms with Crippen LogP contribution >= 0.6 is 23.2 Å². The maximum Gasteiger partial charge on any atom is 0.291 e. The van der Waals surface area contributed by atoms with Gasteiger partial charge in [-0.05, 0) is 42.5 Å². The number of halogens is 2. The third-order valence-corrected chi connectivity index (χ3v) is 5.39. The number of amides is 1. The molecule has 1 aromatic heterocycles. The molecule has 156 valence electrons. The predicted octanol–water partition coefficient (Wildman–Crippen LogP) is 5.35. The molecule has 0 atom stereocenters. The molecule has 1 saturated heterocycles. The van der Waals surface area contributed by atoms with Crippen LogP contribution in [0.15, 0.2) is 52.9 Å². The number of carbonyl (C=O) groups excluding carboxylic acids is 1. The second-order valence-electron chi connectivity index (χ2n) is 6.72. The summed E-state index contributed by atoms with van der Waals surface area (Å²) in [4.78, 5) is 15.1. The molecule has 0 saturated carbocycles.